The molecule has 0 aliphatic carbocycles. The average molecular weight is 307 g/mol. The second-order valence-corrected chi connectivity index (χ2v) is 7.61. The van der Waals surface area contributed by atoms with E-state index in [0.29, 0.717) is 11.3 Å². The van der Waals surface area contributed by atoms with Crippen molar-refractivity contribution in [3.05, 3.63) is 23.8 Å². The Morgan fingerprint density at radius 2 is 1.84 bits per heavy atom. The van der Waals surface area contributed by atoms with E-state index in [1.807, 2.05) is 0 Å². The molecule has 0 aromatic heterocycles. The van der Waals surface area contributed by atoms with E-state index >= 15 is 0 Å². The second-order valence-electron chi connectivity index (χ2n) is 4.14. The van der Waals surface area contributed by atoms with E-state index < -0.39 is 20.0 Å². The number of primary sulfonamides is 1. The quantitative estimate of drug-likeness (QED) is 0.483. The van der Waals surface area contributed by atoms with Gasteiger partial charge in [-0.2, -0.15) is 0 Å². The molecule has 108 valence electrons. The first-order valence-corrected chi connectivity index (χ1v) is 8.68. The third kappa shape index (κ3) is 5.15. The van der Waals surface area contributed by atoms with Crippen LogP contribution in [0.1, 0.15) is 12.0 Å². The molecule has 5 N–H and O–H groups in total. The Labute approximate surface area is 113 Å². The molecule has 0 radical (unpaired) electrons. The highest BCUT2D eigenvalue weighted by Gasteiger charge is 2.16. The molecular formula is C10H17N3O4S2. The molecule has 0 aliphatic heterocycles. The van der Waals surface area contributed by atoms with Gasteiger partial charge in [0.05, 0.1) is 10.6 Å². The largest absolute Gasteiger partial charge is 0.399 e. The molecule has 0 aliphatic rings. The number of hydrogen-bond acceptors (Lipinski definition) is 5. The lowest BCUT2D eigenvalue weighted by Crippen LogP contribution is -2.28. The van der Waals surface area contributed by atoms with Gasteiger partial charge in [-0.25, -0.2) is 26.7 Å². The minimum absolute atomic E-state index is 0.00694. The Kier molecular flexibility index (Phi) is 4.91. The second kappa shape index (κ2) is 5.87. The van der Waals surface area contributed by atoms with Gasteiger partial charge in [-0.3, -0.25) is 0 Å². The van der Waals surface area contributed by atoms with E-state index in [1.54, 1.807) is 19.1 Å². The van der Waals surface area contributed by atoms with Crippen LogP contribution in [0.25, 0.3) is 0 Å². The Balaban J connectivity index is 2.74. The summed E-state index contributed by atoms with van der Waals surface area (Å²) in [5.41, 5.74) is 6.45. The van der Waals surface area contributed by atoms with Crippen molar-refractivity contribution in [1.29, 1.82) is 0 Å². The first kappa shape index (κ1) is 15.9. The zero-order chi connectivity index (χ0) is 14.7. The van der Waals surface area contributed by atoms with Gasteiger partial charge in [-0.05, 0) is 31.0 Å². The molecule has 0 saturated carbocycles. The molecule has 1 rings (SSSR count). The minimum atomic E-state index is -3.70. The van der Waals surface area contributed by atoms with Gasteiger partial charge in [0.1, 0.15) is 0 Å². The normalized spacial score (nSPS) is 12.5. The van der Waals surface area contributed by atoms with E-state index in [0.717, 1.165) is 0 Å². The van der Waals surface area contributed by atoms with E-state index in [2.05, 4.69) is 4.72 Å². The lowest BCUT2D eigenvalue weighted by Gasteiger charge is -2.09. The van der Waals surface area contributed by atoms with Crippen LogP contribution in [-0.2, 0) is 20.0 Å². The SMILES string of the molecule is Cc1ccc(N)cc1S(=O)(=O)NCCCS(N)(=O)=O. The third-order valence-corrected chi connectivity index (χ3v) is 4.86. The summed E-state index contributed by atoms with van der Waals surface area (Å²) in [5, 5.41) is 4.82. The molecule has 7 nitrogen and oxygen atoms in total. The maximum Gasteiger partial charge on any atom is 0.240 e. The van der Waals surface area contributed by atoms with Gasteiger partial charge in [0, 0.05) is 12.2 Å². The molecule has 0 saturated heterocycles. The molecule has 0 unspecified atom stereocenters. The molecule has 0 bridgehead atoms. The summed E-state index contributed by atoms with van der Waals surface area (Å²) in [4.78, 5) is 0.0862. The number of rotatable bonds is 6. The van der Waals surface area contributed by atoms with Crippen LogP contribution in [0.2, 0.25) is 0 Å². The van der Waals surface area contributed by atoms with Crippen molar-refractivity contribution < 1.29 is 16.8 Å². The average Bonchev–Trinajstić information content (AvgIpc) is 2.26. The number of sulfonamides is 2. The van der Waals surface area contributed by atoms with Gasteiger partial charge in [0.25, 0.3) is 0 Å². The van der Waals surface area contributed by atoms with Crippen molar-refractivity contribution in [2.24, 2.45) is 5.14 Å². The lowest BCUT2D eigenvalue weighted by molar-refractivity contribution is 0.576. The summed E-state index contributed by atoms with van der Waals surface area (Å²) >= 11 is 0. The summed E-state index contributed by atoms with van der Waals surface area (Å²) in [6.07, 6.45) is 0.111. The van der Waals surface area contributed by atoms with Crippen LogP contribution in [0.4, 0.5) is 5.69 Å². The van der Waals surface area contributed by atoms with Gasteiger partial charge in [0.2, 0.25) is 20.0 Å². The molecule has 9 heteroatoms. The Bertz CT molecular complexity index is 653. The van der Waals surface area contributed by atoms with Gasteiger partial charge in [-0.15, -0.1) is 0 Å². The van der Waals surface area contributed by atoms with Gasteiger partial charge >= 0.3 is 0 Å². The van der Waals surface area contributed by atoms with Crippen molar-refractivity contribution in [2.45, 2.75) is 18.2 Å². The molecule has 19 heavy (non-hydrogen) atoms. The highest BCUT2D eigenvalue weighted by Crippen LogP contribution is 2.17. The predicted molar refractivity (Wildman–Crippen MR) is 73.4 cm³/mol. The van der Waals surface area contributed by atoms with E-state index in [9.17, 15) is 16.8 Å². The number of benzene rings is 1. The number of nitrogens with two attached hydrogens (primary N) is 2. The van der Waals surface area contributed by atoms with Crippen LogP contribution >= 0.6 is 0 Å². The lowest BCUT2D eigenvalue weighted by atomic mass is 10.2. The van der Waals surface area contributed by atoms with Crippen LogP contribution in [0, 0.1) is 6.92 Å². The van der Waals surface area contributed by atoms with E-state index in [-0.39, 0.29) is 23.6 Å². The molecule has 0 atom stereocenters. The molecule has 1 aromatic rings. The molecule has 0 fully saturated rings. The van der Waals surface area contributed by atoms with Crippen LogP contribution < -0.4 is 15.6 Å². The monoisotopic (exact) mass is 307 g/mol. The van der Waals surface area contributed by atoms with Crippen LogP contribution in [0.3, 0.4) is 0 Å². The zero-order valence-electron chi connectivity index (χ0n) is 10.5. The molecular weight excluding hydrogens is 290 g/mol. The Hall–Kier alpha value is -1.16. The minimum Gasteiger partial charge on any atom is -0.399 e. The van der Waals surface area contributed by atoms with Crippen LogP contribution in [0.5, 0.6) is 0 Å². The van der Waals surface area contributed by atoms with Crippen molar-refractivity contribution in [3.8, 4) is 0 Å². The summed E-state index contributed by atoms with van der Waals surface area (Å²) in [7, 11) is -7.27. The number of nitrogen functional groups attached to an aromatic ring is 1. The predicted octanol–water partition coefficient (Wildman–Crippen LogP) is -0.466. The summed E-state index contributed by atoms with van der Waals surface area (Å²) in [6, 6.07) is 4.57. The number of anilines is 1. The fourth-order valence-corrected chi connectivity index (χ4v) is 3.36. The van der Waals surface area contributed by atoms with Crippen molar-refractivity contribution >= 4 is 25.7 Å². The Morgan fingerprint density at radius 1 is 1.21 bits per heavy atom. The number of nitrogens with one attached hydrogen (secondary N) is 1. The van der Waals surface area contributed by atoms with Gasteiger partial charge < -0.3 is 5.73 Å². The molecule has 0 amide bonds. The topological polar surface area (TPSA) is 132 Å². The van der Waals surface area contributed by atoms with Crippen LogP contribution in [0.15, 0.2) is 23.1 Å². The first-order valence-electron chi connectivity index (χ1n) is 5.48. The van der Waals surface area contributed by atoms with Gasteiger partial charge in [-0.1, -0.05) is 6.07 Å². The highest BCUT2D eigenvalue weighted by atomic mass is 32.2. The number of aryl methyl sites for hydroxylation is 1. The summed E-state index contributed by atoms with van der Waals surface area (Å²) in [6.45, 7) is 1.64. The molecule has 0 heterocycles. The van der Waals surface area contributed by atoms with Crippen molar-refractivity contribution in [3.63, 3.8) is 0 Å². The van der Waals surface area contributed by atoms with Gasteiger partial charge in [0.15, 0.2) is 0 Å². The third-order valence-electron chi connectivity index (χ3n) is 2.40. The Morgan fingerprint density at radius 3 is 2.42 bits per heavy atom. The standard InChI is InChI=1S/C10H17N3O4S2/c1-8-3-4-9(11)7-10(8)19(16,17)13-5-2-6-18(12,14)15/h3-4,7,13H,2,5-6,11H2,1H3,(H2,12,14,15). The first-order chi connectivity index (χ1) is 8.62. The van der Waals surface area contributed by atoms with Crippen LogP contribution in [-0.4, -0.2) is 29.1 Å². The maximum absolute atomic E-state index is 12.0. The molecule has 1 aromatic carbocycles. The fraction of sp³-hybridized carbons (Fsp3) is 0.400. The smallest absolute Gasteiger partial charge is 0.240 e. The van der Waals surface area contributed by atoms with E-state index in [1.165, 1.54) is 6.07 Å². The zero-order valence-corrected chi connectivity index (χ0v) is 12.1. The summed E-state index contributed by atoms with van der Waals surface area (Å²) in [5.74, 6) is -0.272. The number of hydrogen-bond donors (Lipinski definition) is 3. The maximum atomic E-state index is 12.0. The van der Waals surface area contributed by atoms with E-state index in [4.69, 9.17) is 10.9 Å². The van der Waals surface area contributed by atoms with Crippen molar-refractivity contribution in [2.75, 3.05) is 18.0 Å². The highest BCUT2D eigenvalue weighted by molar-refractivity contribution is 7.89. The van der Waals surface area contributed by atoms with Crippen molar-refractivity contribution in [1.82, 2.24) is 4.72 Å². The fourth-order valence-electron chi connectivity index (χ4n) is 1.46. The molecule has 0 spiro atoms. The summed E-state index contributed by atoms with van der Waals surface area (Å²) < 4.78 is 47.7.